The number of anilines is 1. The van der Waals surface area contributed by atoms with Crippen molar-refractivity contribution in [1.29, 1.82) is 0 Å². The highest BCUT2D eigenvalue weighted by atomic mass is 35.5. The van der Waals surface area contributed by atoms with Crippen molar-refractivity contribution in [2.75, 3.05) is 12.3 Å². The summed E-state index contributed by atoms with van der Waals surface area (Å²) < 4.78 is 6.93. The SMILES string of the molecule is CCOC(=O)C=Cc1c(C2CC2)nc2c(cnn2CC)c1-c1cc(Cl)c(N)c(Cl)c1. The fraction of sp³-hybridized carbons (Fsp3) is 0.318. The van der Waals surface area contributed by atoms with Crippen LogP contribution in [0.1, 0.15) is 43.9 Å². The number of hydrogen-bond donors (Lipinski definition) is 1. The molecule has 4 rings (SSSR count). The van der Waals surface area contributed by atoms with E-state index in [1.807, 2.05) is 11.6 Å². The minimum absolute atomic E-state index is 0.315. The quantitative estimate of drug-likeness (QED) is 0.310. The number of esters is 1. The van der Waals surface area contributed by atoms with E-state index >= 15 is 0 Å². The summed E-state index contributed by atoms with van der Waals surface area (Å²) in [6.07, 6.45) is 7.11. The molecule has 1 fully saturated rings. The Morgan fingerprint density at radius 2 is 2.00 bits per heavy atom. The summed E-state index contributed by atoms with van der Waals surface area (Å²) in [7, 11) is 0. The first-order valence-corrected chi connectivity index (χ1v) is 10.7. The molecular formula is C22H22Cl2N4O2. The van der Waals surface area contributed by atoms with E-state index in [1.54, 1.807) is 31.3 Å². The minimum atomic E-state index is -0.400. The van der Waals surface area contributed by atoms with Crippen LogP contribution in [0.3, 0.4) is 0 Å². The van der Waals surface area contributed by atoms with Gasteiger partial charge in [0.15, 0.2) is 5.65 Å². The number of carbonyl (C=O) groups is 1. The van der Waals surface area contributed by atoms with E-state index in [0.717, 1.165) is 46.3 Å². The Hall–Kier alpha value is -2.57. The predicted molar refractivity (Wildman–Crippen MR) is 121 cm³/mol. The molecule has 0 spiro atoms. The van der Waals surface area contributed by atoms with Crippen LogP contribution in [0.4, 0.5) is 5.69 Å². The van der Waals surface area contributed by atoms with Crippen LogP contribution < -0.4 is 5.73 Å². The second-order valence-electron chi connectivity index (χ2n) is 7.20. The fourth-order valence-electron chi connectivity index (χ4n) is 3.57. The number of pyridine rings is 1. The van der Waals surface area contributed by atoms with Gasteiger partial charge in [0.1, 0.15) is 0 Å². The van der Waals surface area contributed by atoms with Gasteiger partial charge in [0, 0.05) is 35.1 Å². The van der Waals surface area contributed by atoms with Gasteiger partial charge in [-0.05, 0) is 50.5 Å². The van der Waals surface area contributed by atoms with Crippen molar-refractivity contribution in [2.45, 2.75) is 39.2 Å². The highest BCUT2D eigenvalue weighted by Crippen LogP contribution is 2.46. The molecule has 0 saturated heterocycles. The number of carbonyl (C=O) groups excluding carboxylic acids is 1. The Balaban J connectivity index is 2.03. The van der Waals surface area contributed by atoms with E-state index in [0.29, 0.717) is 34.8 Å². The maximum Gasteiger partial charge on any atom is 0.330 e. The number of ether oxygens (including phenoxy) is 1. The zero-order valence-electron chi connectivity index (χ0n) is 16.8. The molecule has 3 aromatic rings. The fourth-order valence-corrected chi connectivity index (χ4v) is 4.06. The largest absolute Gasteiger partial charge is 0.463 e. The normalized spacial score (nSPS) is 14.0. The summed E-state index contributed by atoms with van der Waals surface area (Å²) in [6, 6.07) is 3.58. The van der Waals surface area contributed by atoms with Gasteiger partial charge in [-0.1, -0.05) is 23.2 Å². The number of hydrogen-bond acceptors (Lipinski definition) is 5. The summed E-state index contributed by atoms with van der Waals surface area (Å²) in [6.45, 7) is 4.81. The molecule has 0 amide bonds. The minimum Gasteiger partial charge on any atom is -0.463 e. The summed E-state index contributed by atoms with van der Waals surface area (Å²) >= 11 is 12.7. The average molecular weight is 445 g/mol. The Morgan fingerprint density at radius 1 is 1.30 bits per heavy atom. The predicted octanol–water partition coefficient (Wildman–Crippen LogP) is 5.46. The van der Waals surface area contributed by atoms with Crippen LogP contribution in [0, 0.1) is 0 Å². The standard InChI is InChI=1S/C22H22Cl2N4O2/c1-3-28-22-15(11-26-28)19(13-9-16(23)20(25)17(24)10-13)14(7-8-18(29)30-4-2)21(27-22)12-5-6-12/h7-12H,3-6,25H2,1-2H3. The van der Waals surface area contributed by atoms with Gasteiger partial charge in [0.05, 0.1) is 34.2 Å². The molecule has 30 heavy (non-hydrogen) atoms. The van der Waals surface area contributed by atoms with Crippen LogP contribution in [0.2, 0.25) is 10.0 Å². The lowest BCUT2D eigenvalue weighted by Gasteiger charge is -2.15. The number of rotatable bonds is 6. The first-order chi connectivity index (χ1) is 14.4. The molecule has 0 aliphatic heterocycles. The highest BCUT2D eigenvalue weighted by Gasteiger charge is 2.30. The third-order valence-corrected chi connectivity index (χ3v) is 5.78. The molecule has 1 aliphatic rings. The molecule has 1 aliphatic carbocycles. The first-order valence-electron chi connectivity index (χ1n) is 9.93. The lowest BCUT2D eigenvalue weighted by molar-refractivity contribution is -0.137. The molecule has 0 bridgehead atoms. The molecule has 8 heteroatoms. The number of nitrogens with two attached hydrogens (primary N) is 1. The number of halogens is 2. The van der Waals surface area contributed by atoms with Crippen LogP contribution in [0.15, 0.2) is 24.4 Å². The highest BCUT2D eigenvalue weighted by molar-refractivity contribution is 6.39. The van der Waals surface area contributed by atoms with E-state index in [4.69, 9.17) is 38.7 Å². The topological polar surface area (TPSA) is 83.0 Å². The third kappa shape index (κ3) is 3.77. The lowest BCUT2D eigenvalue weighted by atomic mass is 9.94. The molecule has 2 heterocycles. The lowest BCUT2D eigenvalue weighted by Crippen LogP contribution is -2.03. The molecule has 1 saturated carbocycles. The molecule has 2 N–H and O–H groups in total. The van der Waals surface area contributed by atoms with Crippen LogP contribution in [0.5, 0.6) is 0 Å². The van der Waals surface area contributed by atoms with Crippen LogP contribution in [0.25, 0.3) is 28.2 Å². The van der Waals surface area contributed by atoms with Gasteiger partial charge < -0.3 is 10.5 Å². The maximum atomic E-state index is 12.0. The molecule has 0 unspecified atom stereocenters. The first kappa shape index (κ1) is 20.7. The number of fused-ring (bicyclic) bond motifs is 1. The van der Waals surface area contributed by atoms with E-state index in [-0.39, 0.29) is 0 Å². The Labute approximate surface area is 184 Å². The second-order valence-corrected chi connectivity index (χ2v) is 8.01. The Morgan fingerprint density at radius 3 is 2.60 bits per heavy atom. The average Bonchev–Trinajstić information content (AvgIpc) is 3.49. The Kier molecular flexibility index (Phi) is 5.71. The molecule has 6 nitrogen and oxygen atoms in total. The van der Waals surface area contributed by atoms with Gasteiger partial charge in [-0.3, -0.25) is 0 Å². The van der Waals surface area contributed by atoms with Crippen molar-refractivity contribution < 1.29 is 9.53 Å². The van der Waals surface area contributed by atoms with E-state index in [2.05, 4.69) is 5.10 Å². The number of aromatic nitrogens is 3. The summed E-state index contributed by atoms with van der Waals surface area (Å²) in [5.74, 6) is -0.0576. The van der Waals surface area contributed by atoms with Gasteiger partial charge in [0.25, 0.3) is 0 Å². The number of nitrogen functional groups attached to an aromatic ring is 1. The zero-order chi connectivity index (χ0) is 21.4. The van der Waals surface area contributed by atoms with Gasteiger partial charge in [-0.25, -0.2) is 14.5 Å². The smallest absolute Gasteiger partial charge is 0.330 e. The molecule has 2 aromatic heterocycles. The number of nitrogens with zero attached hydrogens (tertiary/aromatic N) is 3. The van der Waals surface area contributed by atoms with Gasteiger partial charge in [-0.2, -0.15) is 5.10 Å². The van der Waals surface area contributed by atoms with Crippen LogP contribution in [-0.4, -0.2) is 27.3 Å². The van der Waals surface area contributed by atoms with Crippen LogP contribution in [-0.2, 0) is 16.1 Å². The molecule has 1 aromatic carbocycles. The third-order valence-electron chi connectivity index (χ3n) is 5.16. The molecule has 156 valence electrons. The summed E-state index contributed by atoms with van der Waals surface area (Å²) in [5, 5.41) is 6.11. The monoisotopic (exact) mass is 444 g/mol. The molecule has 0 radical (unpaired) electrons. The van der Waals surface area contributed by atoms with Gasteiger partial charge >= 0.3 is 5.97 Å². The van der Waals surface area contributed by atoms with E-state index in [1.165, 1.54) is 6.08 Å². The van der Waals surface area contributed by atoms with Crippen molar-refractivity contribution in [2.24, 2.45) is 0 Å². The maximum absolute atomic E-state index is 12.0. The van der Waals surface area contributed by atoms with Crippen molar-refractivity contribution in [3.05, 3.63) is 45.7 Å². The molecule has 0 atom stereocenters. The van der Waals surface area contributed by atoms with Crippen molar-refractivity contribution >= 4 is 52.0 Å². The van der Waals surface area contributed by atoms with Gasteiger partial charge in [0.2, 0.25) is 0 Å². The van der Waals surface area contributed by atoms with E-state index in [9.17, 15) is 4.79 Å². The van der Waals surface area contributed by atoms with Crippen molar-refractivity contribution in [3.8, 4) is 11.1 Å². The summed E-state index contributed by atoms with van der Waals surface area (Å²) in [5.41, 5.74) is 10.6. The second kappa shape index (κ2) is 8.28. The number of aryl methyl sites for hydroxylation is 1. The zero-order valence-corrected chi connectivity index (χ0v) is 18.3. The van der Waals surface area contributed by atoms with E-state index < -0.39 is 5.97 Å². The van der Waals surface area contributed by atoms with Crippen molar-refractivity contribution in [1.82, 2.24) is 14.8 Å². The molecular weight excluding hydrogens is 423 g/mol. The number of benzene rings is 1. The Bertz CT molecular complexity index is 1140. The van der Waals surface area contributed by atoms with Crippen molar-refractivity contribution in [3.63, 3.8) is 0 Å². The van der Waals surface area contributed by atoms with Gasteiger partial charge in [-0.15, -0.1) is 0 Å². The summed E-state index contributed by atoms with van der Waals surface area (Å²) in [4.78, 5) is 17.0. The van der Waals surface area contributed by atoms with Crippen LogP contribution >= 0.6 is 23.2 Å².